The van der Waals surface area contributed by atoms with E-state index in [9.17, 15) is 13.2 Å². The second kappa shape index (κ2) is 7.85. The molecule has 0 bridgehead atoms. The lowest BCUT2D eigenvalue weighted by Crippen LogP contribution is -2.35. The van der Waals surface area contributed by atoms with Crippen LogP contribution in [0.25, 0.3) is 0 Å². The van der Waals surface area contributed by atoms with Crippen molar-refractivity contribution in [1.29, 1.82) is 0 Å². The molecule has 4 N–H and O–H groups in total. The van der Waals surface area contributed by atoms with Crippen molar-refractivity contribution in [2.45, 2.75) is 11.8 Å². The molecule has 11 heteroatoms. The number of aromatic nitrogens is 2. The summed E-state index contributed by atoms with van der Waals surface area (Å²) >= 11 is 0. The molecule has 1 amide bonds. The number of hydrogen-bond acceptors (Lipinski definition) is 8. The maximum Gasteiger partial charge on any atom is 0.264 e. The van der Waals surface area contributed by atoms with Crippen molar-refractivity contribution in [3.8, 4) is 5.75 Å². The Kier molecular flexibility index (Phi) is 5.21. The molecule has 0 unspecified atom stereocenters. The van der Waals surface area contributed by atoms with Gasteiger partial charge >= 0.3 is 0 Å². The quantitative estimate of drug-likeness (QED) is 0.549. The molecule has 160 valence electrons. The number of benzene rings is 2. The van der Waals surface area contributed by atoms with Crippen LogP contribution in [0.4, 0.5) is 28.8 Å². The molecule has 1 aromatic heterocycles. The highest BCUT2D eigenvalue weighted by Crippen LogP contribution is 2.34. The van der Waals surface area contributed by atoms with Crippen molar-refractivity contribution in [3.63, 3.8) is 0 Å². The van der Waals surface area contributed by atoms with Crippen LogP contribution in [0.1, 0.15) is 5.56 Å². The third-order valence-electron chi connectivity index (χ3n) is 4.72. The van der Waals surface area contributed by atoms with Crippen LogP contribution in [0, 0.1) is 6.92 Å². The summed E-state index contributed by atoms with van der Waals surface area (Å²) in [6.07, 6.45) is 1.66. The summed E-state index contributed by atoms with van der Waals surface area (Å²) in [6.45, 7) is 1.89. The van der Waals surface area contributed by atoms with Crippen molar-refractivity contribution in [2.24, 2.45) is 5.14 Å². The monoisotopic (exact) mass is 440 g/mol. The normalized spacial score (nSPS) is 13.4. The van der Waals surface area contributed by atoms with Crippen molar-refractivity contribution in [2.75, 3.05) is 29.2 Å². The number of rotatable bonds is 5. The highest BCUT2D eigenvalue weighted by molar-refractivity contribution is 7.89. The van der Waals surface area contributed by atoms with Crippen LogP contribution in [0.15, 0.2) is 53.6 Å². The Balaban J connectivity index is 1.55. The van der Waals surface area contributed by atoms with Crippen LogP contribution < -0.4 is 25.4 Å². The van der Waals surface area contributed by atoms with Crippen molar-refractivity contribution in [3.05, 3.63) is 54.2 Å². The van der Waals surface area contributed by atoms with Gasteiger partial charge in [0.25, 0.3) is 5.91 Å². The van der Waals surface area contributed by atoms with E-state index in [1.165, 1.54) is 12.1 Å². The Morgan fingerprint density at radius 1 is 1.10 bits per heavy atom. The fourth-order valence-corrected chi connectivity index (χ4v) is 3.49. The van der Waals surface area contributed by atoms with Gasteiger partial charge in [-0.15, -0.1) is 0 Å². The number of fused-ring (bicyclic) bond motifs is 1. The second-order valence-corrected chi connectivity index (χ2v) is 8.53. The van der Waals surface area contributed by atoms with Gasteiger partial charge in [-0.05, 0) is 49.4 Å². The minimum Gasteiger partial charge on any atom is -0.482 e. The molecule has 2 heterocycles. The fraction of sp³-hybridized carbons (Fsp3) is 0.150. The molecule has 4 rings (SSSR count). The van der Waals surface area contributed by atoms with Gasteiger partial charge < -0.3 is 20.3 Å². The van der Waals surface area contributed by atoms with Crippen molar-refractivity contribution < 1.29 is 17.9 Å². The van der Waals surface area contributed by atoms with Gasteiger partial charge in [0.1, 0.15) is 11.6 Å². The lowest BCUT2D eigenvalue weighted by molar-refractivity contribution is -0.120. The Morgan fingerprint density at radius 3 is 2.52 bits per heavy atom. The van der Waals surface area contributed by atoms with Gasteiger partial charge in [-0.3, -0.25) is 4.79 Å². The maximum absolute atomic E-state index is 11.9. The van der Waals surface area contributed by atoms with E-state index in [0.29, 0.717) is 28.9 Å². The van der Waals surface area contributed by atoms with Crippen LogP contribution in [0.2, 0.25) is 0 Å². The van der Waals surface area contributed by atoms with E-state index in [4.69, 9.17) is 9.88 Å². The highest BCUT2D eigenvalue weighted by atomic mass is 32.2. The summed E-state index contributed by atoms with van der Waals surface area (Å²) < 4.78 is 28.2. The average molecular weight is 440 g/mol. The predicted octanol–water partition coefficient (Wildman–Crippen LogP) is 2.27. The standard InChI is InChI=1S/C20H20N6O4S/c1-12-10-22-20(24-13-3-6-15(7-4-13)31(21,28)29)25-19(12)23-14-5-8-17-16(9-14)26(2)18(27)11-30-17/h3-10H,11H2,1-2H3,(H2,21,28,29)(H2,22,23,24,25). The number of carbonyl (C=O) groups is 1. The highest BCUT2D eigenvalue weighted by Gasteiger charge is 2.22. The molecular formula is C20H20N6O4S. The van der Waals surface area contributed by atoms with Crippen LogP contribution >= 0.6 is 0 Å². The first-order valence-corrected chi connectivity index (χ1v) is 10.8. The lowest BCUT2D eigenvalue weighted by Gasteiger charge is -2.26. The Hall–Kier alpha value is -3.70. The smallest absolute Gasteiger partial charge is 0.264 e. The first kappa shape index (κ1) is 20.6. The maximum atomic E-state index is 11.9. The number of carbonyl (C=O) groups excluding carboxylic acids is 1. The Bertz CT molecular complexity index is 1260. The summed E-state index contributed by atoms with van der Waals surface area (Å²) in [5.41, 5.74) is 2.82. The van der Waals surface area contributed by atoms with E-state index >= 15 is 0 Å². The molecule has 0 spiro atoms. The summed E-state index contributed by atoms with van der Waals surface area (Å²) in [6, 6.07) is 11.4. The van der Waals surface area contributed by atoms with Gasteiger partial charge in [-0.25, -0.2) is 18.5 Å². The Morgan fingerprint density at radius 2 is 1.81 bits per heavy atom. The van der Waals surface area contributed by atoms with E-state index in [1.54, 1.807) is 36.3 Å². The molecule has 2 aromatic carbocycles. The number of nitrogens with zero attached hydrogens (tertiary/aromatic N) is 3. The molecule has 0 atom stereocenters. The molecule has 1 aliphatic rings. The lowest BCUT2D eigenvalue weighted by atomic mass is 10.2. The van der Waals surface area contributed by atoms with Crippen LogP contribution in [0.5, 0.6) is 5.75 Å². The van der Waals surface area contributed by atoms with Gasteiger partial charge in [0, 0.05) is 30.2 Å². The number of amides is 1. The summed E-state index contributed by atoms with van der Waals surface area (Å²) in [5.74, 6) is 1.41. The zero-order valence-electron chi connectivity index (χ0n) is 16.8. The number of hydrogen-bond donors (Lipinski definition) is 3. The first-order chi connectivity index (χ1) is 14.7. The van der Waals surface area contributed by atoms with E-state index in [-0.39, 0.29) is 17.4 Å². The molecule has 0 radical (unpaired) electrons. The Labute approximate surface area is 179 Å². The van der Waals surface area contributed by atoms with Crippen molar-refractivity contribution >= 4 is 44.8 Å². The topological polar surface area (TPSA) is 140 Å². The summed E-state index contributed by atoms with van der Waals surface area (Å²) in [4.78, 5) is 22.2. The summed E-state index contributed by atoms with van der Waals surface area (Å²) in [5, 5.41) is 11.4. The van der Waals surface area contributed by atoms with Gasteiger partial charge in [0.2, 0.25) is 16.0 Å². The molecule has 0 saturated carbocycles. The van der Waals surface area contributed by atoms with E-state index in [1.807, 2.05) is 19.1 Å². The van der Waals surface area contributed by atoms with Gasteiger partial charge in [-0.2, -0.15) is 4.98 Å². The van der Waals surface area contributed by atoms with Gasteiger partial charge in [0.15, 0.2) is 6.61 Å². The van der Waals surface area contributed by atoms with Crippen molar-refractivity contribution in [1.82, 2.24) is 9.97 Å². The van der Waals surface area contributed by atoms with E-state index in [0.717, 1.165) is 11.3 Å². The van der Waals surface area contributed by atoms with E-state index in [2.05, 4.69) is 20.6 Å². The van der Waals surface area contributed by atoms with Gasteiger partial charge in [-0.1, -0.05) is 0 Å². The third kappa shape index (κ3) is 4.42. The third-order valence-corrected chi connectivity index (χ3v) is 5.65. The molecule has 3 aromatic rings. The van der Waals surface area contributed by atoms with Gasteiger partial charge in [0.05, 0.1) is 10.6 Å². The molecule has 31 heavy (non-hydrogen) atoms. The average Bonchev–Trinajstić information content (AvgIpc) is 2.73. The number of aryl methyl sites for hydroxylation is 1. The first-order valence-electron chi connectivity index (χ1n) is 9.25. The predicted molar refractivity (Wildman–Crippen MR) is 116 cm³/mol. The number of nitrogens with two attached hydrogens (primary N) is 1. The van der Waals surface area contributed by atoms with Crippen LogP contribution in [0.3, 0.4) is 0 Å². The molecular weight excluding hydrogens is 420 g/mol. The minimum atomic E-state index is -3.76. The zero-order chi connectivity index (χ0) is 22.2. The fourth-order valence-electron chi connectivity index (χ4n) is 2.97. The second-order valence-electron chi connectivity index (χ2n) is 6.97. The molecule has 0 aliphatic carbocycles. The number of ether oxygens (including phenoxy) is 1. The SMILES string of the molecule is Cc1cnc(Nc2ccc(S(N)(=O)=O)cc2)nc1Nc1ccc2c(c1)N(C)C(=O)CO2. The zero-order valence-corrected chi connectivity index (χ0v) is 17.6. The number of nitrogens with one attached hydrogen (secondary N) is 2. The molecule has 0 fully saturated rings. The molecule has 10 nitrogen and oxygen atoms in total. The molecule has 0 saturated heterocycles. The largest absolute Gasteiger partial charge is 0.482 e. The number of primary sulfonamides is 1. The summed E-state index contributed by atoms with van der Waals surface area (Å²) in [7, 11) is -2.05. The number of likely N-dealkylation sites (N-methyl/N-ethyl adjacent to an activating group) is 1. The number of anilines is 5. The number of sulfonamides is 1. The van der Waals surface area contributed by atoms with E-state index < -0.39 is 10.0 Å². The van der Waals surface area contributed by atoms with Crippen LogP contribution in [-0.4, -0.2) is 37.9 Å². The molecule has 1 aliphatic heterocycles. The minimum absolute atomic E-state index is 0.0186. The van der Waals surface area contributed by atoms with Crippen LogP contribution in [-0.2, 0) is 14.8 Å².